The first-order valence-electron chi connectivity index (χ1n) is 4.73. The lowest BCUT2D eigenvalue weighted by Crippen LogP contribution is -2.16. The van der Waals surface area contributed by atoms with Gasteiger partial charge in [-0.2, -0.15) is 0 Å². The Balaban J connectivity index is 2.33. The smallest absolute Gasteiger partial charge is 0.309 e. The van der Waals surface area contributed by atoms with Crippen LogP contribution in [0.25, 0.3) is 0 Å². The number of carbonyl (C=O) groups excluding carboxylic acids is 1. The van der Waals surface area contributed by atoms with E-state index in [9.17, 15) is 4.79 Å². The van der Waals surface area contributed by atoms with E-state index >= 15 is 0 Å². The molecule has 0 saturated heterocycles. The van der Waals surface area contributed by atoms with Crippen molar-refractivity contribution in [2.75, 3.05) is 12.4 Å². The number of aryl methyl sites for hydroxylation is 1. The van der Waals surface area contributed by atoms with Crippen LogP contribution in [0, 0.1) is 12.8 Å². The van der Waals surface area contributed by atoms with Crippen LogP contribution in [0.15, 0.2) is 9.64 Å². The normalized spacial score (nSPS) is 12.5. The zero-order valence-electron chi connectivity index (χ0n) is 9.02. The minimum Gasteiger partial charge on any atom is -0.466 e. The molecule has 15 heavy (non-hydrogen) atoms. The molecule has 1 aromatic heterocycles. The molecule has 1 aromatic rings. The van der Waals surface area contributed by atoms with Gasteiger partial charge in [0, 0.05) is 12.7 Å². The maximum absolute atomic E-state index is 11.3. The molecule has 1 unspecified atom stereocenters. The van der Waals surface area contributed by atoms with E-state index in [0.29, 0.717) is 23.5 Å². The molecule has 0 radical (unpaired) electrons. The standard InChI is InChI=1S/C9H14N2O3S/c1-4-13-8(12)6(2)5-15-9-11-10-7(3)14-9/h6H,4-5H2,1-3H3. The molecule has 6 heteroatoms. The average Bonchev–Trinajstić information content (AvgIpc) is 2.61. The van der Waals surface area contributed by atoms with Crippen molar-refractivity contribution in [2.45, 2.75) is 26.0 Å². The first-order chi connectivity index (χ1) is 7.13. The molecule has 0 aliphatic carbocycles. The number of aromatic nitrogens is 2. The van der Waals surface area contributed by atoms with E-state index in [1.165, 1.54) is 11.8 Å². The van der Waals surface area contributed by atoms with Gasteiger partial charge in [-0.1, -0.05) is 18.7 Å². The van der Waals surface area contributed by atoms with E-state index in [0.717, 1.165) is 0 Å². The van der Waals surface area contributed by atoms with E-state index in [1.54, 1.807) is 13.8 Å². The van der Waals surface area contributed by atoms with Crippen molar-refractivity contribution in [2.24, 2.45) is 5.92 Å². The first-order valence-corrected chi connectivity index (χ1v) is 5.71. The number of hydrogen-bond donors (Lipinski definition) is 0. The third-order valence-electron chi connectivity index (χ3n) is 1.65. The van der Waals surface area contributed by atoms with E-state index in [1.807, 2.05) is 6.92 Å². The van der Waals surface area contributed by atoms with Crippen LogP contribution in [0.1, 0.15) is 19.7 Å². The van der Waals surface area contributed by atoms with Gasteiger partial charge in [-0.3, -0.25) is 4.79 Å². The van der Waals surface area contributed by atoms with Crippen LogP contribution < -0.4 is 0 Å². The number of rotatable bonds is 5. The summed E-state index contributed by atoms with van der Waals surface area (Å²) in [6.45, 7) is 5.74. The third-order valence-corrected chi connectivity index (χ3v) is 2.73. The largest absolute Gasteiger partial charge is 0.466 e. The highest BCUT2D eigenvalue weighted by molar-refractivity contribution is 7.99. The second-order valence-corrected chi connectivity index (χ2v) is 4.02. The molecule has 84 valence electrons. The number of carbonyl (C=O) groups is 1. The lowest BCUT2D eigenvalue weighted by Gasteiger charge is -2.07. The summed E-state index contributed by atoms with van der Waals surface area (Å²) in [5.74, 6) is 0.755. The summed E-state index contributed by atoms with van der Waals surface area (Å²) in [6, 6.07) is 0. The molecular weight excluding hydrogens is 216 g/mol. The molecule has 0 aliphatic rings. The zero-order chi connectivity index (χ0) is 11.3. The molecule has 0 amide bonds. The van der Waals surface area contributed by atoms with Crippen molar-refractivity contribution in [3.05, 3.63) is 5.89 Å². The van der Waals surface area contributed by atoms with E-state index in [-0.39, 0.29) is 11.9 Å². The van der Waals surface area contributed by atoms with Crippen LogP contribution in [0.2, 0.25) is 0 Å². The van der Waals surface area contributed by atoms with Gasteiger partial charge in [-0.25, -0.2) is 0 Å². The Morgan fingerprint density at radius 2 is 2.33 bits per heavy atom. The van der Waals surface area contributed by atoms with E-state index in [2.05, 4.69) is 10.2 Å². The lowest BCUT2D eigenvalue weighted by atomic mass is 10.2. The highest BCUT2D eigenvalue weighted by Crippen LogP contribution is 2.19. The first kappa shape index (κ1) is 12.0. The Labute approximate surface area is 92.6 Å². The van der Waals surface area contributed by atoms with Crippen LogP contribution in [-0.4, -0.2) is 28.5 Å². The predicted molar refractivity (Wildman–Crippen MR) is 55.6 cm³/mol. The Morgan fingerprint density at radius 3 is 2.87 bits per heavy atom. The van der Waals surface area contributed by atoms with Crippen LogP contribution in [0.4, 0.5) is 0 Å². The minimum absolute atomic E-state index is 0.165. The maximum Gasteiger partial charge on any atom is 0.309 e. The minimum atomic E-state index is -0.193. The van der Waals surface area contributed by atoms with Gasteiger partial charge >= 0.3 is 5.97 Å². The lowest BCUT2D eigenvalue weighted by molar-refractivity contribution is -0.146. The van der Waals surface area contributed by atoms with Gasteiger partial charge < -0.3 is 9.15 Å². The average molecular weight is 230 g/mol. The van der Waals surface area contributed by atoms with Gasteiger partial charge in [0.05, 0.1) is 12.5 Å². The summed E-state index contributed by atoms with van der Waals surface area (Å²) in [4.78, 5) is 11.3. The topological polar surface area (TPSA) is 65.2 Å². The number of esters is 1. The molecular formula is C9H14N2O3S. The highest BCUT2D eigenvalue weighted by atomic mass is 32.2. The van der Waals surface area contributed by atoms with Crippen LogP contribution >= 0.6 is 11.8 Å². The number of ether oxygens (including phenoxy) is 1. The van der Waals surface area contributed by atoms with Gasteiger partial charge in [0.2, 0.25) is 5.89 Å². The molecule has 5 nitrogen and oxygen atoms in total. The fourth-order valence-electron chi connectivity index (χ4n) is 0.886. The van der Waals surface area contributed by atoms with Crippen molar-refractivity contribution in [3.63, 3.8) is 0 Å². The second-order valence-electron chi connectivity index (χ2n) is 3.05. The van der Waals surface area contributed by atoms with Gasteiger partial charge in [0.15, 0.2) is 0 Å². The third kappa shape index (κ3) is 3.91. The number of hydrogen-bond acceptors (Lipinski definition) is 6. The molecule has 0 spiro atoms. The summed E-state index contributed by atoms with van der Waals surface area (Å²) in [6.07, 6.45) is 0. The molecule has 1 heterocycles. The van der Waals surface area contributed by atoms with Crippen molar-refractivity contribution >= 4 is 17.7 Å². The van der Waals surface area contributed by atoms with Crippen LogP contribution in [0.3, 0.4) is 0 Å². The van der Waals surface area contributed by atoms with Crippen LogP contribution in [0.5, 0.6) is 0 Å². The molecule has 0 fully saturated rings. The molecule has 1 atom stereocenters. The Morgan fingerprint density at radius 1 is 1.60 bits per heavy atom. The highest BCUT2D eigenvalue weighted by Gasteiger charge is 2.15. The summed E-state index contributed by atoms with van der Waals surface area (Å²) in [7, 11) is 0. The molecule has 0 bridgehead atoms. The van der Waals surface area contributed by atoms with Gasteiger partial charge in [-0.15, -0.1) is 10.2 Å². The molecule has 0 aromatic carbocycles. The predicted octanol–water partition coefficient (Wildman–Crippen LogP) is 1.67. The van der Waals surface area contributed by atoms with Gasteiger partial charge in [-0.05, 0) is 6.92 Å². The number of thioether (sulfide) groups is 1. The molecule has 0 aliphatic heterocycles. The fraction of sp³-hybridized carbons (Fsp3) is 0.667. The Bertz CT molecular complexity index is 327. The maximum atomic E-state index is 11.3. The van der Waals surface area contributed by atoms with Crippen LogP contribution in [-0.2, 0) is 9.53 Å². The second kappa shape index (κ2) is 5.75. The van der Waals surface area contributed by atoms with Gasteiger partial charge in [0.1, 0.15) is 0 Å². The zero-order valence-corrected chi connectivity index (χ0v) is 9.84. The van der Waals surface area contributed by atoms with Crippen molar-refractivity contribution in [3.8, 4) is 0 Å². The van der Waals surface area contributed by atoms with Crippen molar-refractivity contribution in [1.82, 2.24) is 10.2 Å². The summed E-state index contributed by atoms with van der Waals surface area (Å²) in [5, 5.41) is 8.00. The quantitative estimate of drug-likeness (QED) is 0.566. The molecule has 0 saturated carbocycles. The summed E-state index contributed by atoms with van der Waals surface area (Å²) in [5.41, 5.74) is 0. The Kier molecular flexibility index (Phi) is 4.61. The Hall–Kier alpha value is -1.04. The summed E-state index contributed by atoms with van der Waals surface area (Å²) < 4.78 is 10.0. The monoisotopic (exact) mass is 230 g/mol. The fourth-order valence-corrected chi connectivity index (χ4v) is 1.69. The summed E-state index contributed by atoms with van der Waals surface area (Å²) >= 11 is 1.36. The van der Waals surface area contributed by atoms with E-state index < -0.39 is 0 Å². The van der Waals surface area contributed by atoms with Crippen molar-refractivity contribution < 1.29 is 13.9 Å². The SMILES string of the molecule is CCOC(=O)C(C)CSc1nnc(C)o1. The van der Waals surface area contributed by atoms with E-state index in [4.69, 9.17) is 9.15 Å². The van der Waals surface area contributed by atoms with Gasteiger partial charge in [0.25, 0.3) is 5.22 Å². The number of nitrogens with zero attached hydrogens (tertiary/aromatic N) is 2. The van der Waals surface area contributed by atoms with Crippen molar-refractivity contribution in [1.29, 1.82) is 0 Å². The molecule has 1 rings (SSSR count). The molecule has 0 N–H and O–H groups in total.